The molecule has 1 aromatic heterocycles. The summed E-state index contributed by atoms with van der Waals surface area (Å²) < 4.78 is -0.829. The van der Waals surface area contributed by atoms with Gasteiger partial charge in [0, 0.05) is 0 Å². The molecule has 0 aliphatic heterocycles. The first-order valence-electron chi connectivity index (χ1n) is 2.72. The predicted octanol–water partition coefficient (Wildman–Crippen LogP) is -2.35. The van der Waals surface area contributed by atoms with E-state index in [1.54, 1.807) is 0 Å². The van der Waals surface area contributed by atoms with Crippen LogP contribution in [0.3, 0.4) is 0 Å². The lowest BCUT2D eigenvalue weighted by atomic mass is 10.5. The fourth-order valence-electron chi connectivity index (χ4n) is 0.592. The van der Waals surface area contributed by atoms with Gasteiger partial charge >= 0.3 is 23.5 Å². The van der Waals surface area contributed by atoms with Gasteiger partial charge in [-0.05, 0) is 0 Å². The molecule has 0 atom stereocenters. The molecule has 1 heterocycles. The SMILES string of the molecule is Nc1[n+]([O-])c(O)c(O)c(O)[n+]1[O-]. The quantitative estimate of drug-likeness (QED) is 0.257. The minimum absolute atomic E-state index is 0.415. The van der Waals surface area contributed by atoms with E-state index in [1.165, 1.54) is 0 Å². The number of aromatic nitrogens is 2. The number of hydrogen-bond acceptors (Lipinski definition) is 6. The van der Waals surface area contributed by atoms with Gasteiger partial charge in [-0.1, -0.05) is 0 Å². The number of hydrogen-bond donors (Lipinski definition) is 4. The molecule has 1 aromatic rings. The van der Waals surface area contributed by atoms with Crippen LogP contribution in [0.1, 0.15) is 0 Å². The van der Waals surface area contributed by atoms with Crippen LogP contribution >= 0.6 is 0 Å². The Bertz CT molecular complexity index is 233. The fourth-order valence-corrected chi connectivity index (χ4v) is 0.592. The third-order valence-corrected chi connectivity index (χ3v) is 1.22. The Balaban J connectivity index is 3.60. The van der Waals surface area contributed by atoms with Gasteiger partial charge in [-0.15, -0.1) is 9.46 Å². The Hall–Kier alpha value is -2.12. The summed E-state index contributed by atoms with van der Waals surface area (Å²) in [6.07, 6.45) is 0. The second-order valence-electron chi connectivity index (χ2n) is 1.94. The van der Waals surface area contributed by atoms with E-state index in [-0.39, 0.29) is 0 Å². The third kappa shape index (κ3) is 0.779. The lowest BCUT2D eigenvalue weighted by Gasteiger charge is -2.08. The van der Waals surface area contributed by atoms with Crippen LogP contribution in [0.5, 0.6) is 17.5 Å². The Labute approximate surface area is 65.5 Å². The first-order valence-corrected chi connectivity index (χ1v) is 2.72. The van der Waals surface area contributed by atoms with Crippen LogP contribution in [0.25, 0.3) is 0 Å². The summed E-state index contributed by atoms with van der Waals surface area (Å²) in [5.74, 6) is -4.65. The van der Waals surface area contributed by atoms with Crippen molar-refractivity contribution in [1.29, 1.82) is 0 Å². The van der Waals surface area contributed by atoms with E-state index in [1.807, 2.05) is 0 Å². The summed E-state index contributed by atoms with van der Waals surface area (Å²) in [4.78, 5) is 0. The molecule has 0 amide bonds. The minimum atomic E-state index is -1.22. The van der Waals surface area contributed by atoms with E-state index in [0.29, 0.717) is 0 Å². The van der Waals surface area contributed by atoms with Gasteiger partial charge in [-0.25, -0.2) is 5.73 Å². The second-order valence-corrected chi connectivity index (χ2v) is 1.94. The fraction of sp³-hybridized carbons (Fsp3) is 0. The molecule has 12 heavy (non-hydrogen) atoms. The van der Waals surface area contributed by atoms with Gasteiger partial charge in [0.1, 0.15) is 0 Å². The van der Waals surface area contributed by atoms with Crippen LogP contribution < -0.4 is 15.2 Å². The van der Waals surface area contributed by atoms with E-state index < -0.39 is 32.9 Å². The Morgan fingerprint density at radius 2 is 1.33 bits per heavy atom. The van der Waals surface area contributed by atoms with Crippen molar-refractivity contribution < 1.29 is 24.8 Å². The molecule has 1 rings (SSSR count). The van der Waals surface area contributed by atoms with Crippen molar-refractivity contribution in [2.75, 3.05) is 5.73 Å². The standard InChI is InChI=1S/C4H5N3O5/c5-4-6(11)2(9)1(8)3(10)7(4)12/h8-10H,5H2. The van der Waals surface area contributed by atoms with Crippen LogP contribution in [0, 0.1) is 10.4 Å². The van der Waals surface area contributed by atoms with Crippen LogP contribution in [-0.2, 0) is 0 Å². The number of anilines is 1. The highest BCUT2D eigenvalue weighted by molar-refractivity contribution is 5.34. The van der Waals surface area contributed by atoms with Gasteiger partial charge < -0.3 is 25.7 Å². The van der Waals surface area contributed by atoms with E-state index in [2.05, 4.69) is 0 Å². The van der Waals surface area contributed by atoms with Gasteiger partial charge in [-0.2, -0.15) is 0 Å². The number of rotatable bonds is 0. The summed E-state index contributed by atoms with van der Waals surface area (Å²) in [6.45, 7) is 0. The van der Waals surface area contributed by atoms with Gasteiger partial charge in [-0.3, -0.25) is 0 Å². The average molecular weight is 175 g/mol. The molecule has 0 aromatic carbocycles. The highest BCUT2D eigenvalue weighted by Crippen LogP contribution is 2.27. The van der Waals surface area contributed by atoms with Crippen LogP contribution in [0.2, 0.25) is 0 Å². The van der Waals surface area contributed by atoms with Gasteiger partial charge in [0.15, 0.2) is 0 Å². The summed E-state index contributed by atoms with van der Waals surface area (Å²) in [5, 5.41) is 47.3. The van der Waals surface area contributed by atoms with Gasteiger partial charge in [0.25, 0.3) is 0 Å². The van der Waals surface area contributed by atoms with E-state index >= 15 is 0 Å². The average Bonchev–Trinajstić information content (AvgIpc) is 2.08. The van der Waals surface area contributed by atoms with E-state index in [4.69, 9.17) is 21.1 Å². The molecule has 0 radical (unpaired) electrons. The number of aromatic hydroxyl groups is 3. The summed E-state index contributed by atoms with van der Waals surface area (Å²) in [7, 11) is 0. The molecule has 0 unspecified atom stereocenters. The molecule has 8 heteroatoms. The van der Waals surface area contributed by atoms with Crippen molar-refractivity contribution in [3.05, 3.63) is 10.4 Å². The van der Waals surface area contributed by atoms with Crippen molar-refractivity contribution >= 4 is 5.95 Å². The number of nitrogens with two attached hydrogens (primary N) is 1. The first kappa shape index (κ1) is 7.98. The van der Waals surface area contributed by atoms with E-state index in [0.717, 1.165) is 0 Å². The van der Waals surface area contributed by atoms with Crippen molar-refractivity contribution in [2.24, 2.45) is 0 Å². The third-order valence-electron chi connectivity index (χ3n) is 1.22. The highest BCUT2D eigenvalue weighted by Gasteiger charge is 2.26. The zero-order chi connectivity index (χ0) is 9.46. The van der Waals surface area contributed by atoms with Gasteiger partial charge in [0.05, 0.1) is 0 Å². The summed E-state index contributed by atoms with van der Waals surface area (Å²) in [6, 6.07) is 0. The lowest BCUT2D eigenvalue weighted by Crippen LogP contribution is -2.45. The first-order chi connectivity index (χ1) is 5.46. The molecule has 0 saturated heterocycles. The number of nitrogen functional groups attached to an aromatic ring is 1. The smallest absolute Gasteiger partial charge is 0.541 e. The van der Waals surface area contributed by atoms with Crippen LogP contribution in [0.4, 0.5) is 5.95 Å². The molecule has 8 nitrogen and oxygen atoms in total. The van der Waals surface area contributed by atoms with Crippen molar-refractivity contribution in [3.63, 3.8) is 0 Å². The zero-order valence-electron chi connectivity index (χ0n) is 5.63. The molecule has 0 aliphatic carbocycles. The number of nitrogens with zero attached hydrogens (tertiary/aromatic N) is 2. The van der Waals surface area contributed by atoms with Crippen molar-refractivity contribution in [2.45, 2.75) is 0 Å². The molecule has 66 valence electrons. The molecular weight excluding hydrogens is 170 g/mol. The van der Waals surface area contributed by atoms with Gasteiger partial charge in [0.2, 0.25) is 0 Å². The highest BCUT2D eigenvalue weighted by atomic mass is 16.5. The molecule has 0 saturated carbocycles. The summed E-state index contributed by atoms with van der Waals surface area (Å²) >= 11 is 0. The molecule has 0 aliphatic rings. The second kappa shape index (κ2) is 2.19. The summed E-state index contributed by atoms with van der Waals surface area (Å²) in [5.41, 5.74) is 4.82. The van der Waals surface area contributed by atoms with Crippen molar-refractivity contribution in [3.8, 4) is 17.5 Å². The Kier molecular flexibility index (Phi) is 1.45. The molecule has 0 spiro atoms. The Morgan fingerprint density at radius 3 is 1.67 bits per heavy atom. The zero-order valence-corrected chi connectivity index (χ0v) is 5.63. The van der Waals surface area contributed by atoms with Crippen LogP contribution in [-0.4, -0.2) is 15.3 Å². The normalized spacial score (nSPS) is 10.0. The molecule has 0 fully saturated rings. The maximum absolute atomic E-state index is 10.6. The molecule has 5 N–H and O–H groups in total. The van der Waals surface area contributed by atoms with Crippen LogP contribution in [0.15, 0.2) is 0 Å². The minimum Gasteiger partial charge on any atom is -0.673 e. The predicted molar refractivity (Wildman–Crippen MR) is 33.8 cm³/mol. The van der Waals surface area contributed by atoms with E-state index in [9.17, 15) is 10.4 Å². The maximum atomic E-state index is 10.6. The lowest BCUT2D eigenvalue weighted by molar-refractivity contribution is -0.724. The molecule has 0 bridgehead atoms. The largest absolute Gasteiger partial charge is 0.673 e. The monoisotopic (exact) mass is 175 g/mol. The Morgan fingerprint density at radius 1 is 1.00 bits per heavy atom. The maximum Gasteiger partial charge on any atom is 0.541 e. The van der Waals surface area contributed by atoms with Crippen molar-refractivity contribution in [1.82, 2.24) is 0 Å². The molecular formula is C4H5N3O5. The topological polar surface area (TPSA) is 141 Å².